The van der Waals surface area contributed by atoms with Crippen molar-refractivity contribution in [3.05, 3.63) is 20.9 Å². The molecule has 1 aromatic rings. The summed E-state index contributed by atoms with van der Waals surface area (Å²) in [6.45, 7) is 0. The molecule has 0 radical (unpaired) electrons. The molecule has 0 saturated carbocycles. The lowest BCUT2D eigenvalue weighted by Gasteiger charge is -2.07. The van der Waals surface area contributed by atoms with Crippen LogP contribution in [0.25, 0.3) is 0 Å². The summed E-state index contributed by atoms with van der Waals surface area (Å²) in [4.78, 5) is 3.53. The molecule has 0 aliphatic heterocycles. The van der Waals surface area contributed by atoms with Gasteiger partial charge in [-0.15, -0.1) is 0 Å². The van der Waals surface area contributed by atoms with Gasteiger partial charge in [-0.25, -0.2) is 13.8 Å². The second-order valence-electron chi connectivity index (χ2n) is 2.54. The Hall–Kier alpha value is -0.970. The summed E-state index contributed by atoms with van der Waals surface area (Å²) in [5.74, 6) is 0.0194. The normalized spacial score (nSPS) is 10.2. The fraction of sp³-hybridized carbons (Fsp3) is 0.250. The van der Waals surface area contributed by atoms with Crippen LogP contribution in [0.15, 0.2) is 6.07 Å². The van der Waals surface area contributed by atoms with E-state index in [0.29, 0.717) is 9.13 Å². The van der Waals surface area contributed by atoms with Crippen molar-refractivity contribution < 1.29 is 8.78 Å². The molecule has 6 heteroatoms. The van der Waals surface area contributed by atoms with Crippen LogP contribution >= 0.6 is 22.6 Å². The molecule has 0 aliphatic carbocycles. The minimum absolute atomic E-state index is 0.0194. The lowest BCUT2D eigenvalue weighted by molar-refractivity contribution is 0.145. The number of anilines is 1. The molecule has 0 aliphatic rings. The highest BCUT2D eigenvalue weighted by molar-refractivity contribution is 14.1. The average Bonchev–Trinajstić information content (AvgIpc) is 2.10. The summed E-state index contributed by atoms with van der Waals surface area (Å²) in [7, 11) is 0. The molecule has 0 atom stereocenters. The van der Waals surface area contributed by atoms with Crippen LogP contribution in [0.3, 0.4) is 0 Å². The zero-order chi connectivity index (χ0) is 10.7. The molecular weight excluding hydrogens is 303 g/mol. The van der Waals surface area contributed by atoms with Crippen molar-refractivity contribution in [3.8, 4) is 6.07 Å². The number of hydrogen-bond donors (Lipinski definition) is 1. The van der Waals surface area contributed by atoms with Crippen molar-refractivity contribution in [3.63, 3.8) is 0 Å². The number of nitrogens with two attached hydrogens (primary N) is 1. The Morgan fingerprint density at radius 1 is 1.64 bits per heavy atom. The summed E-state index contributed by atoms with van der Waals surface area (Å²) >= 11 is 1.75. The van der Waals surface area contributed by atoms with Gasteiger partial charge in [0.25, 0.3) is 6.43 Å². The molecule has 74 valence electrons. The molecule has 1 heterocycles. The van der Waals surface area contributed by atoms with E-state index in [0.717, 1.165) is 0 Å². The van der Waals surface area contributed by atoms with Crippen LogP contribution in [0.5, 0.6) is 0 Å². The summed E-state index contributed by atoms with van der Waals surface area (Å²) in [6, 6.07) is 3.33. The third-order valence-electron chi connectivity index (χ3n) is 1.55. The van der Waals surface area contributed by atoms with Gasteiger partial charge in [0.2, 0.25) is 0 Å². The second kappa shape index (κ2) is 4.50. The number of hydrogen-bond acceptors (Lipinski definition) is 3. The van der Waals surface area contributed by atoms with Gasteiger partial charge in [-0.2, -0.15) is 5.26 Å². The minimum atomic E-state index is -2.66. The summed E-state index contributed by atoms with van der Waals surface area (Å²) in [5.41, 5.74) is 5.48. The highest BCUT2D eigenvalue weighted by Crippen LogP contribution is 2.26. The van der Waals surface area contributed by atoms with E-state index in [4.69, 9.17) is 11.0 Å². The fourth-order valence-electron chi connectivity index (χ4n) is 0.985. The first-order valence-corrected chi connectivity index (χ1v) is 4.74. The van der Waals surface area contributed by atoms with E-state index < -0.39 is 6.43 Å². The third-order valence-corrected chi connectivity index (χ3v) is 2.80. The van der Waals surface area contributed by atoms with Crippen LogP contribution in [0.4, 0.5) is 14.6 Å². The molecule has 3 nitrogen and oxygen atoms in total. The van der Waals surface area contributed by atoms with E-state index in [1.807, 2.05) is 6.07 Å². The van der Waals surface area contributed by atoms with E-state index in [-0.39, 0.29) is 17.9 Å². The number of pyridine rings is 1. The van der Waals surface area contributed by atoms with Gasteiger partial charge < -0.3 is 5.73 Å². The molecule has 0 aromatic carbocycles. The van der Waals surface area contributed by atoms with E-state index >= 15 is 0 Å². The zero-order valence-electron chi connectivity index (χ0n) is 6.97. The van der Waals surface area contributed by atoms with Crippen molar-refractivity contribution >= 4 is 28.4 Å². The van der Waals surface area contributed by atoms with Crippen molar-refractivity contribution in [2.24, 2.45) is 0 Å². The SMILES string of the molecule is N#CCc1cc(N)nc(C(F)F)c1I. The van der Waals surface area contributed by atoms with Crippen LogP contribution < -0.4 is 5.73 Å². The minimum Gasteiger partial charge on any atom is -0.384 e. The Labute approximate surface area is 93.1 Å². The molecule has 0 saturated heterocycles. The van der Waals surface area contributed by atoms with Gasteiger partial charge in [0, 0.05) is 3.57 Å². The Balaban J connectivity index is 3.26. The average molecular weight is 309 g/mol. The topological polar surface area (TPSA) is 62.7 Å². The highest BCUT2D eigenvalue weighted by Gasteiger charge is 2.17. The summed E-state index contributed by atoms with van der Waals surface area (Å²) in [5, 5.41) is 8.46. The maximum absolute atomic E-state index is 12.4. The van der Waals surface area contributed by atoms with Crippen LogP contribution in [0.2, 0.25) is 0 Å². The Bertz CT molecular complexity index is 387. The fourth-order valence-corrected chi connectivity index (χ4v) is 1.69. The van der Waals surface area contributed by atoms with Gasteiger partial charge in [-0.05, 0) is 34.2 Å². The van der Waals surface area contributed by atoms with Crippen molar-refractivity contribution in [2.75, 3.05) is 5.73 Å². The Morgan fingerprint density at radius 2 is 2.29 bits per heavy atom. The first-order chi connectivity index (χ1) is 6.56. The molecule has 1 aromatic heterocycles. The monoisotopic (exact) mass is 309 g/mol. The van der Waals surface area contributed by atoms with Gasteiger partial charge in [-0.1, -0.05) is 0 Å². The molecule has 0 unspecified atom stereocenters. The molecular formula is C8H6F2IN3. The van der Waals surface area contributed by atoms with E-state index in [9.17, 15) is 8.78 Å². The summed E-state index contributed by atoms with van der Waals surface area (Å²) < 4.78 is 25.2. The predicted octanol–water partition coefficient (Wildman–Crippen LogP) is 2.27. The number of halogens is 3. The smallest absolute Gasteiger partial charge is 0.281 e. The number of rotatable bonds is 2. The molecule has 0 spiro atoms. The number of alkyl halides is 2. The van der Waals surface area contributed by atoms with Gasteiger partial charge in [0.15, 0.2) is 0 Å². The van der Waals surface area contributed by atoms with Crippen molar-refractivity contribution in [2.45, 2.75) is 12.8 Å². The van der Waals surface area contributed by atoms with Gasteiger partial charge >= 0.3 is 0 Å². The Kier molecular flexibility index (Phi) is 3.57. The Morgan fingerprint density at radius 3 is 2.79 bits per heavy atom. The molecule has 1 rings (SSSR count). The quantitative estimate of drug-likeness (QED) is 0.853. The van der Waals surface area contributed by atoms with Gasteiger partial charge in [0.05, 0.1) is 12.5 Å². The van der Waals surface area contributed by atoms with Crippen LogP contribution in [0, 0.1) is 14.9 Å². The third kappa shape index (κ3) is 2.29. The lowest BCUT2D eigenvalue weighted by atomic mass is 10.2. The lowest BCUT2D eigenvalue weighted by Crippen LogP contribution is -2.03. The standard InChI is InChI=1S/C8H6F2IN3/c9-8(10)7-6(11)4(1-2-12)3-5(13)14-7/h3,8H,1H2,(H2,13,14). The number of nitriles is 1. The number of nitrogens with zero attached hydrogens (tertiary/aromatic N) is 2. The maximum atomic E-state index is 12.4. The summed E-state index contributed by atoms with van der Waals surface area (Å²) in [6.07, 6.45) is -2.60. The van der Waals surface area contributed by atoms with Crippen LogP contribution in [-0.4, -0.2) is 4.98 Å². The zero-order valence-corrected chi connectivity index (χ0v) is 9.12. The first-order valence-electron chi connectivity index (χ1n) is 3.66. The number of nitrogen functional groups attached to an aromatic ring is 1. The number of aromatic nitrogens is 1. The van der Waals surface area contributed by atoms with Crippen molar-refractivity contribution in [1.82, 2.24) is 4.98 Å². The first kappa shape index (κ1) is 11.1. The van der Waals surface area contributed by atoms with Crippen LogP contribution in [-0.2, 0) is 6.42 Å². The van der Waals surface area contributed by atoms with Crippen molar-refractivity contribution in [1.29, 1.82) is 5.26 Å². The molecule has 0 fully saturated rings. The maximum Gasteiger partial charge on any atom is 0.281 e. The molecule has 14 heavy (non-hydrogen) atoms. The second-order valence-corrected chi connectivity index (χ2v) is 3.62. The van der Waals surface area contributed by atoms with Gasteiger partial charge in [0.1, 0.15) is 11.5 Å². The highest BCUT2D eigenvalue weighted by atomic mass is 127. The van der Waals surface area contributed by atoms with Crippen LogP contribution in [0.1, 0.15) is 17.7 Å². The van der Waals surface area contributed by atoms with E-state index in [1.54, 1.807) is 22.6 Å². The van der Waals surface area contributed by atoms with E-state index in [1.165, 1.54) is 6.07 Å². The molecule has 0 amide bonds. The van der Waals surface area contributed by atoms with E-state index in [2.05, 4.69) is 4.98 Å². The molecule has 0 bridgehead atoms. The largest absolute Gasteiger partial charge is 0.384 e. The molecule has 2 N–H and O–H groups in total. The van der Waals surface area contributed by atoms with Gasteiger partial charge in [-0.3, -0.25) is 0 Å². The predicted molar refractivity (Wildman–Crippen MR) is 55.6 cm³/mol.